The van der Waals surface area contributed by atoms with E-state index < -0.39 is 17.7 Å². The fourth-order valence-corrected chi connectivity index (χ4v) is 3.75. The SMILES string of the molecule is CCOCCCNC(=O)[C@]1(O)c2cc(Br)ccc2NC(=O)N1c1ccc(C)c(C)c1. The predicted octanol–water partition coefficient (Wildman–Crippen LogP) is 3.81. The molecule has 3 rings (SSSR count). The average molecular weight is 476 g/mol. The number of nitrogens with zero attached hydrogens (tertiary/aromatic N) is 1. The maximum Gasteiger partial charge on any atom is 0.329 e. The van der Waals surface area contributed by atoms with Gasteiger partial charge in [-0.3, -0.25) is 9.69 Å². The molecule has 0 saturated carbocycles. The molecule has 1 heterocycles. The lowest BCUT2D eigenvalue weighted by atomic mass is 9.94. The Morgan fingerprint density at radius 1 is 1.23 bits per heavy atom. The zero-order valence-corrected chi connectivity index (χ0v) is 18.9. The minimum Gasteiger partial charge on any atom is -0.382 e. The molecule has 3 N–H and O–H groups in total. The predicted molar refractivity (Wildman–Crippen MR) is 120 cm³/mol. The van der Waals surface area contributed by atoms with Gasteiger partial charge in [0.2, 0.25) is 0 Å². The van der Waals surface area contributed by atoms with Crippen LogP contribution in [0.4, 0.5) is 16.2 Å². The molecule has 0 saturated heterocycles. The largest absolute Gasteiger partial charge is 0.382 e. The number of ether oxygens (including phenoxy) is 1. The smallest absolute Gasteiger partial charge is 0.329 e. The van der Waals surface area contributed by atoms with Crippen molar-refractivity contribution in [1.82, 2.24) is 5.32 Å². The first kappa shape index (κ1) is 22.3. The molecule has 8 heteroatoms. The maximum atomic E-state index is 13.3. The molecule has 7 nitrogen and oxygen atoms in total. The number of benzene rings is 2. The normalized spacial score (nSPS) is 18.0. The minimum atomic E-state index is -2.21. The van der Waals surface area contributed by atoms with Crippen molar-refractivity contribution >= 4 is 39.2 Å². The molecule has 0 bridgehead atoms. The summed E-state index contributed by atoms with van der Waals surface area (Å²) in [6.07, 6.45) is 0.594. The highest BCUT2D eigenvalue weighted by atomic mass is 79.9. The topological polar surface area (TPSA) is 90.9 Å². The van der Waals surface area contributed by atoms with Crippen molar-refractivity contribution in [2.45, 2.75) is 32.9 Å². The number of nitrogens with one attached hydrogen (secondary N) is 2. The number of hydrogen-bond donors (Lipinski definition) is 3. The Morgan fingerprint density at radius 3 is 2.70 bits per heavy atom. The van der Waals surface area contributed by atoms with Gasteiger partial charge >= 0.3 is 6.03 Å². The van der Waals surface area contributed by atoms with Gasteiger partial charge in [0, 0.05) is 35.5 Å². The first-order valence-electron chi connectivity index (χ1n) is 9.86. The van der Waals surface area contributed by atoms with Crippen LogP contribution in [0.3, 0.4) is 0 Å². The van der Waals surface area contributed by atoms with Crippen molar-refractivity contribution in [1.29, 1.82) is 0 Å². The average Bonchev–Trinajstić information content (AvgIpc) is 2.71. The first-order valence-corrected chi connectivity index (χ1v) is 10.6. The number of aryl methyl sites for hydroxylation is 2. The lowest BCUT2D eigenvalue weighted by Crippen LogP contribution is -2.62. The number of anilines is 2. The molecule has 1 atom stereocenters. The summed E-state index contributed by atoms with van der Waals surface area (Å²) in [5.74, 6) is -0.675. The van der Waals surface area contributed by atoms with Crippen LogP contribution in [0.15, 0.2) is 40.9 Å². The summed E-state index contributed by atoms with van der Waals surface area (Å²) in [7, 11) is 0. The van der Waals surface area contributed by atoms with Gasteiger partial charge in [-0.05, 0) is 68.7 Å². The molecule has 2 aromatic rings. The molecule has 0 aliphatic carbocycles. The Kier molecular flexibility index (Phi) is 6.80. The highest BCUT2D eigenvalue weighted by Crippen LogP contribution is 2.41. The molecule has 160 valence electrons. The summed E-state index contributed by atoms with van der Waals surface area (Å²) in [4.78, 5) is 27.4. The number of rotatable bonds is 7. The molecule has 0 unspecified atom stereocenters. The summed E-state index contributed by atoms with van der Waals surface area (Å²) in [5.41, 5.74) is 0.873. The summed E-state index contributed by atoms with van der Waals surface area (Å²) in [5, 5.41) is 17.3. The summed E-state index contributed by atoms with van der Waals surface area (Å²) < 4.78 is 5.98. The van der Waals surface area contributed by atoms with E-state index in [1.807, 2.05) is 26.8 Å². The standard InChI is InChI=1S/C22H26BrN3O4/c1-4-30-11-5-10-24-20(27)22(29)18-13-16(23)7-9-19(18)25-21(28)26(22)17-8-6-14(2)15(3)12-17/h6-9,12-13,29H,4-5,10-11H2,1-3H3,(H,24,27)(H,25,28)/t22-/m1/s1. The van der Waals surface area contributed by atoms with Crippen molar-refractivity contribution in [3.8, 4) is 0 Å². The quantitative estimate of drug-likeness (QED) is 0.531. The number of amides is 3. The third-order valence-electron chi connectivity index (χ3n) is 5.15. The second-order valence-corrected chi connectivity index (χ2v) is 8.12. The zero-order chi connectivity index (χ0) is 21.9. The summed E-state index contributed by atoms with van der Waals surface area (Å²) in [6, 6.07) is 9.81. The zero-order valence-electron chi connectivity index (χ0n) is 17.3. The summed E-state index contributed by atoms with van der Waals surface area (Å²) >= 11 is 3.39. The van der Waals surface area contributed by atoms with E-state index in [1.165, 1.54) is 0 Å². The number of urea groups is 1. The van der Waals surface area contributed by atoms with Gasteiger partial charge in [-0.15, -0.1) is 0 Å². The van der Waals surface area contributed by atoms with Crippen LogP contribution < -0.4 is 15.5 Å². The molecule has 0 fully saturated rings. The van der Waals surface area contributed by atoms with Crippen LogP contribution in [-0.2, 0) is 15.3 Å². The lowest BCUT2D eigenvalue weighted by molar-refractivity contribution is -0.140. The second-order valence-electron chi connectivity index (χ2n) is 7.20. The van der Waals surface area contributed by atoms with Crippen LogP contribution in [-0.4, -0.2) is 36.8 Å². The number of carbonyl (C=O) groups is 2. The third-order valence-corrected chi connectivity index (χ3v) is 5.64. The van der Waals surface area contributed by atoms with Crippen LogP contribution in [0.2, 0.25) is 0 Å². The van der Waals surface area contributed by atoms with E-state index in [0.29, 0.717) is 42.0 Å². The van der Waals surface area contributed by atoms with Crippen molar-refractivity contribution < 1.29 is 19.4 Å². The Balaban J connectivity index is 2.04. The number of fused-ring (bicyclic) bond motifs is 1. The number of hydrogen-bond acceptors (Lipinski definition) is 4. The van der Waals surface area contributed by atoms with E-state index in [9.17, 15) is 14.7 Å². The molecule has 1 aliphatic rings. The highest BCUT2D eigenvalue weighted by Gasteiger charge is 2.52. The van der Waals surface area contributed by atoms with E-state index in [1.54, 1.807) is 30.3 Å². The highest BCUT2D eigenvalue weighted by molar-refractivity contribution is 9.10. The first-order chi connectivity index (χ1) is 14.3. The van der Waals surface area contributed by atoms with Crippen LogP contribution in [0.1, 0.15) is 30.0 Å². The van der Waals surface area contributed by atoms with Gasteiger partial charge in [0.25, 0.3) is 11.6 Å². The molecule has 0 aromatic heterocycles. The Hall–Kier alpha value is -2.42. The van der Waals surface area contributed by atoms with E-state index in [-0.39, 0.29) is 5.56 Å². The molecule has 3 amide bonds. The van der Waals surface area contributed by atoms with E-state index >= 15 is 0 Å². The third kappa shape index (κ3) is 4.21. The molecular weight excluding hydrogens is 450 g/mol. The van der Waals surface area contributed by atoms with Crippen molar-refractivity contribution in [2.24, 2.45) is 0 Å². The fourth-order valence-electron chi connectivity index (χ4n) is 3.39. The Labute approximate surface area is 184 Å². The Bertz CT molecular complexity index is 965. The van der Waals surface area contributed by atoms with E-state index in [2.05, 4.69) is 26.6 Å². The van der Waals surface area contributed by atoms with Crippen molar-refractivity contribution in [3.05, 3.63) is 57.6 Å². The fraction of sp³-hybridized carbons (Fsp3) is 0.364. The van der Waals surface area contributed by atoms with Gasteiger partial charge in [-0.25, -0.2) is 4.79 Å². The monoisotopic (exact) mass is 475 g/mol. The van der Waals surface area contributed by atoms with Crippen LogP contribution in [0.5, 0.6) is 0 Å². The second kappa shape index (κ2) is 9.16. The van der Waals surface area contributed by atoms with E-state index in [4.69, 9.17) is 4.74 Å². The molecule has 2 aromatic carbocycles. The van der Waals surface area contributed by atoms with E-state index in [0.717, 1.165) is 16.0 Å². The van der Waals surface area contributed by atoms with Gasteiger partial charge in [0.05, 0.1) is 5.69 Å². The number of carbonyl (C=O) groups excluding carboxylic acids is 2. The lowest BCUT2D eigenvalue weighted by Gasteiger charge is -2.43. The molecular formula is C22H26BrN3O4. The van der Waals surface area contributed by atoms with Gasteiger partial charge in [0.1, 0.15) is 0 Å². The molecule has 30 heavy (non-hydrogen) atoms. The van der Waals surface area contributed by atoms with Crippen molar-refractivity contribution in [2.75, 3.05) is 30.0 Å². The van der Waals surface area contributed by atoms with Crippen LogP contribution in [0.25, 0.3) is 0 Å². The Morgan fingerprint density at radius 2 is 2.00 bits per heavy atom. The van der Waals surface area contributed by atoms with Gasteiger partial charge in [0.15, 0.2) is 0 Å². The number of halogens is 1. The van der Waals surface area contributed by atoms with Gasteiger partial charge < -0.3 is 20.5 Å². The minimum absolute atomic E-state index is 0.289. The molecule has 1 aliphatic heterocycles. The van der Waals surface area contributed by atoms with Gasteiger partial charge in [-0.2, -0.15) is 0 Å². The van der Waals surface area contributed by atoms with Crippen molar-refractivity contribution in [3.63, 3.8) is 0 Å². The maximum absolute atomic E-state index is 13.3. The summed E-state index contributed by atoms with van der Waals surface area (Å²) in [6.45, 7) is 7.18. The van der Waals surface area contributed by atoms with Crippen LogP contribution in [0, 0.1) is 13.8 Å². The number of aliphatic hydroxyl groups is 1. The van der Waals surface area contributed by atoms with Crippen LogP contribution >= 0.6 is 15.9 Å². The van der Waals surface area contributed by atoms with Gasteiger partial charge in [-0.1, -0.05) is 22.0 Å². The molecule has 0 radical (unpaired) electrons. The molecule has 0 spiro atoms.